The minimum absolute atomic E-state index is 0.0687. The molecule has 15 heavy (non-hydrogen) atoms. The first kappa shape index (κ1) is 9.58. The summed E-state index contributed by atoms with van der Waals surface area (Å²) < 4.78 is 10.3. The fourth-order valence-electron chi connectivity index (χ4n) is 1.33. The number of hydrogen-bond acceptors (Lipinski definition) is 4. The second kappa shape index (κ2) is 3.65. The molecule has 1 aliphatic rings. The lowest BCUT2D eigenvalue weighted by atomic mass is 10.1. The molecule has 0 bridgehead atoms. The Morgan fingerprint density at radius 1 is 1.40 bits per heavy atom. The smallest absolute Gasteiger partial charge is 0.231 e. The van der Waals surface area contributed by atoms with Crippen molar-refractivity contribution in [1.82, 2.24) is 0 Å². The van der Waals surface area contributed by atoms with Crippen molar-refractivity contribution in [1.29, 1.82) is 0 Å². The zero-order chi connectivity index (χ0) is 10.8. The molecular weight excluding hydrogens is 196 g/mol. The van der Waals surface area contributed by atoms with Gasteiger partial charge in [0.05, 0.1) is 0 Å². The highest BCUT2D eigenvalue weighted by atomic mass is 16.7. The van der Waals surface area contributed by atoms with E-state index < -0.39 is 0 Å². The number of ketones is 1. The van der Waals surface area contributed by atoms with E-state index in [1.807, 2.05) is 0 Å². The third-order valence-corrected chi connectivity index (χ3v) is 2.01. The first-order valence-electron chi connectivity index (χ1n) is 4.48. The molecular formula is C11H10O4. The summed E-state index contributed by atoms with van der Waals surface area (Å²) in [6.07, 6.45) is 1.16. The Morgan fingerprint density at radius 3 is 2.87 bits per heavy atom. The second-order valence-corrected chi connectivity index (χ2v) is 3.21. The minimum Gasteiger partial charge on any atom is -0.507 e. The molecule has 0 unspecified atom stereocenters. The van der Waals surface area contributed by atoms with Gasteiger partial charge >= 0.3 is 0 Å². The molecule has 0 radical (unpaired) electrons. The van der Waals surface area contributed by atoms with Crippen molar-refractivity contribution in [2.24, 2.45) is 0 Å². The molecule has 0 spiro atoms. The van der Waals surface area contributed by atoms with E-state index in [4.69, 9.17) is 9.47 Å². The van der Waals surface area contributed by atoms with Crippen molar-refractivity contribution in [2.75, 3.05) is 6.79 Å². The Morgan fingerprint density at radius 2 is 2.13 bits per heavy atom. The van der Waals surface area contributed by atoms with Crippen LogP contribution in [0.25, 0.3) is 5.76 Å². The lowest BCUT2D eigenvalue weighted by Crippen LogP contribution is -1.93. The van der Waals surface area contributed by atoms with Gasteiger partial charge < -0.3 is 14.6 Å². The SMILES string of the molecule is CC(=O)/C=C(\O)c1ccc2c(c1)OCO2. The number of hydrogen-bond donors (Lipinski definition) is 1. The normalized spacial score (nSPS) is 14.1. The number of aliphatic hydroxyl groups excluding tert-OH is 1. The summed E-state index contributed by atoms with van der Waals surface area (Å²) in [5, 5.41) is 9.57. The Bertz CT molecular complexity index is 434. The molecule has 0 aromatic heterocycles. The Hall–Kier alpha value is -1.97. The number of allylic oxidation sites excluding steroid dienone is 1. The Kier molecular flexibility index (Phi) is 2.33. The maximum absolute atomic E-state index is 10.8. The molecule has 78 valence electrons. The number of aliphatic hydroxyl groups is 1. The number of fused-ring (bicyclic) bond motifs is 1. The van der Waals surface area contributed by atoms with Crippen LogP contribution in [0.4, 0.5) is 0 Å². The molecule has 2 rings (SSSR count). The maximum Gasteiger partial charge on any atom is 0.231 e. The number of benzene rings is 1. The number of ether oxygens (including phenoxy) is 2. The van der Waals surface area contributed by atoms with Gasteiger partial charge in [-0.3, -0.25) is 4.79 Å². The van der Waals surface area contributed by atoms with Crippen molar-refractivity contribution in [3.63, 3.8) is 0 Å². The highest BCUT2D eigenvalue weighted by molar-refractivity contribution is 5.93. The zero-order valence-electron chi connectivity index (χ0n) is 8.19. The lowest BCUT2D eigenvalue weighted by Gasteiger charge is -2.01. The molecule has 0 saturated carbocycles. The first-order chi connectivity index (χ1) is 7.16. The summed E-state index contributed by atoms with van der Waals surface area (Å²) in [7, 11) is 0. The van der Waals surface area contributed by atoms with Gasteiger partial charge in [-0.05, 0) is 25.1 Å². The van der Waals surface area contributed by atoms with Crippen LogP contribution in [0.2, 0.25) is 0 Å². The summed E-state index contributed by atoms with van der Waals surface area (Å²) in [4.78, 5) is 10.8. The van der Waals surface area contributed by atoms with E-state index in [0.29, 0.717) is 17.1 Å². The average molecular weight is 206 g/mol. The minimum atomic E-state index is -0.204. The van der Waals surface area contributed by atoms with E-state index in [2.05, 4.69) is 0 Å². The lowest BCUT2D eigenvalue weighted by molar-refractivity contribution is -0.112. The topological polar surface area (TPSA) is 55.8 Å². The molecule has 1 aromatic rings. The Labute approximate surface area is 86.7 Å². The molecule has 0 fully saturated rings. The van der Waals surface area contributed by atoms with Gasteiger partial charge in [-0.25, -0.2) is 0 Å². The van der Waals surface area contributed by atoms with Crippen LogP contribution in [-0.4, -0.2) is 17.7 Å². The van der Waals surface area contributed by atoms with Crippen LogP contribution in [0.5, 0.6) is 11.5 Å². The van der Waals surface area contributed by atoms with Crippen molar-refractivity contribution in [3.05, 3.63) is 29.8 Å². The first-order valence-corrected chi connectivity index (χ1v) is 4.48. The molecule has 1 heterocycles. The van der Waals surface area contributed by atoms with Crippen LogP contribution < -0.4 is 9.47 Å². The van der Waals surface area contributed by atoms with E-state index in [1.54, 1.807) is 18.2 Å². The Balaban J connectivity index is 2.34. The van der Waals surface area contributed by atoms with E-state index in [-0.39, 0.29) is 18.3 Å². The van der Waals surface area contributed by atoms with Crippen LogP contribution in [0.1, 0.15) is 12.5 Å². The van der Waals surface area contributed by atoms with Crippen molar-refractivity contribution < 1.29 is 19.4 Å². The fourth-order valence-corrected chi connectivity index (χ4v) is 1.33. The molecule has 0 saturated heterocycles. The molecule has 1 aliphatic heterocycles. The van der Waals surface area contributed by atoms with E-state index >= 15 is 0 Å². The van der Waals surface area contributed by atoms with E-state index in [9.17, 15) is 9.90 Å². The average Bonchev–Trinajstić information content (AvgIpc) is 2.62. The summed E-state index contributed by atoms with van der Waals surface area (Å²) in [5.41, 5.74) is 0.537. The van der Waals surface area contributed by atoms with E-state index in [1.165, 1.54) is 6.92 Å². The second-order valence-electron chi connectivity index (χ2n) is 3.21. The summed E-state index contributed by atoms with van der Waals surface area (Å²) >= 11 is 0. The van der Waals surface area contributed by atoms with E-state index in [0.717, 1.165) is 6.08 Å². The quantitative estimate of drug-likeness (QED) is 0.593. The fraction of sp³-hybridized carbons (Fsp3) is 0.182. The van der Waals surface area contributed by atoms with Gasteiger partial charge in [0.2, 0.25) is 6.79 Å². The van der Waals surface area contributed by atoms with Crippen molar-refractivity contribution >= 4 is 11.5 Å². The van der Waals surface area contributed by atoms with Crippen LogP contribution in [-0.2, 0) is 4.79 Å². The summed E-state index contributed by atoms with van der Waals surface area (Å²) in [6.45, 7) is 1.57. The molecule has 4 nitrogen and oxygen atoms in total. The monoisotopic (exact) mass is 206 g/mol. The van der Waals surface area contributed by atoms with Gasteiger partial charge in [-0.2, -0.15) is 0 Å². The van der Waals surface area contributed by atoms with Gasteiger partial charge in [0.15, 0.2) is 17.3 Å². The molecule has 1 N–H and O–H groups in total. The van der Waals surface area contributed by atoms with Crippen molar-refractivity contribution in [2.45, 2.75) is 6.92 Å². The molecule has 4 heteroatoms. The van der Waals surface area contributed by atoms with Crippen LogP contribution >= 0.6 is 0 Å². The highest BCUT2D eigenvalue weighted by Gasteiger charge is 2.14. The van der Waals surface area contributed by atoms with Crippen LogP contribution in [0, 0.1) is 0 Å². The van der Waals surface area contributed by atoms with Crippen LogP contribution in [0.15, 0.2) is 24.3 Å². The zero-order valence-corrected chi connectivity index (χ0v) is 8.19. The third kappa shape index (κ3) is 1.93. The predicted octanol–water partition coefficient (Wildman–Crippen LogP) is 1.90. The third-order valence-electron chi connectivity index (χ3n) is 2.01. The largest absolute Gasteiger partial charge is 0.507 e. The van der Waals surface area contributed by atoms with Gasteiger partial charge in [0.1, 0.15) is 5.76 Å². The molecule has 0 atom stereocenters. The number of rotatable bonds is 2. The molecule has 1 aromatic carbocycles. The van der Waals surface area contributed by atoms with Crippen molar-refractivity contribution in [3.8, 4) is 11.5 Å². The van der Waals surface area contributed by atoms with Gasteiger partial charge in [0.25, 0.3) is 0 Å². The number of carbonyl (C=O) groups excluding carboxylic acids is 1. The summed E-state index contributed by atoms with van der Waals surface area (Å²) in [6, 6.07) is 5.00. The number of carbonyl (C=O) groups is 1. The van der Waals surface area contributed by atoms with Gasteiger partial charge in [-0.15, -0.1) is 0 Å². The standard InChI is InChI=1S/C11H10O4/c1-7(12)4-9(13)8-2-3-10-11(5-8)15-6-14-10/h2-5,13H,6H2,1H3/b9-4-. The predicted molar refractivity (Wildman–Crippen MR) is 53.9 cm³/mol. The summed E-state index contributed by atoms with van der Waals surface area (Å²) in [5.74, 6) is 0.955. The highest BCUT2D eigenvalue weighted by Crippen LogP contribution is 2.33. The van der Waals surface area contributed by atoms with Crippen LogP contribution in [0.3, 0.4) is 0 Å². The van der Waals surface area contributed by atoms with Gasteiger partial charge in [-0.1, -0.05) is 0 Å². The maximum atomic E-state index is 10.8. The van der Waals surface area contributed by atoms with Gasteiger partial charge in [0, 0.05) is 11.6 Å². The molecule has 0 aliphatic carbocycles. The molecule has 0 amide bonds.